The fourth-order valence-corrected chi connectivity index (χ4v) is 7.14. The highest BCUT2D eigenvalue weighted by Crippen LogP contribution is 2.52. The molecule has 0 bridgehead atoms. The van der Waals surface area contributed by atoms with Gasteiger partial charge in [0.2, 0.25) is 0 Å². The van der Waals surface area contributed by atoms with Gasteiger partial charge in [0.1, 0.15) is 12.6 Å². The van der Waals surface area contributed by atoms with Gasteiger partial charge in [0, 0.05) is 19.5 Å². The molecule has 2 fully saturated rings. The molecule has 3 unspecified atom stereocenters. The number of quaternary nitrogens is 2. The molecule has 4 nitrogen and oxygen atoms in total. The van der Waals surface area contributed by atoms with Gasteiger partial charge in [0.05, 0.1) is 39.8 Å². The van der Waals surface area contributed by atoms with Gasteiger partial charge >= 0.3 is 5.91 Å². The Morgan fingerprint density at radius 1 is 0.862 bits per heavy atom. The number of nitrogens with zero attached hydrogens (tertiary/aromatic N) is 4. The zero-order valence-electron chi connectivity index (χ0n) is 21.7. The summed E-state index contributed by atoms with van der Waals surface area (Å²) in [6.07, 6.45) is 5.26. The molecule has 0 aliphatic carbocycles. The molecule has 172 valence electrons. The highest BCUT2D eigenvalue weighted by atomic mass is 15.9. The molecule has 29 heavy (non-hydrogen) atoms. The molecule has 0 saturated carbocycles. The number of hydrogen-bond donors (Lipinski definition) is 0. The third-order valence-electron chi connectivity index (χ3n) is 8.26. The predicted molar refractivity (Wildman–Crippen MR) is 126 cm³/mol. The third-order valence-corrected chi connectivity index (χ3v) is 8.26. The second-order valence-corrected chi connectivity index (χ2v) is 11.3. The van der Waals surface area contributed by atoms with E-state index >= 15 is 0 Å². The lowest BCUT2D eigenvalue weighted by molar-refractivity contribution is -1.17. The van der Waals surface area contributed by atoms with Crippen LogP contribution in [0.1, 0.15) is 81.1 Å². The Morgan fingerprint density at radius 2 is 1.45 bits per heavy atom. The Bertz CT molecular complexity index is 521. The first-order valence-corrected chi connectivity index (χ1v) is 12.8. The van der Waals surface area contributed by atoms with Crippen molar-refractivity contribution in [1.29, 1.82) is 0 Å². The summed E-state index contributed by atoms with van der Waals surface area (Å²) in [5.41, 5.74) is 0. The molecule has 0 aromatic carbocycles. The van der Waals surface area contributed by atoms with Gasteiger partial charge in [-0.05, 0) is 32.1 Å². The first kappa shape index (κ1) is 25.1. The van der Waals surface area contributed by atoms with Gasteiger partial charge in [0.25, 0.3) is 0 Å². The van der Waals surface area contributed by atoms with E-state index in [-0.39, 0.29) is 5.91 Å². The van der Waals surface area contributed by atoms with Crippen LogP contribution in [0.25, 0.3) is 0 Å². The van der Waals surface area contributed by atoms with Crippen LogP contribution in [0.2, 0.25) is 0 Å². The molecule has 2 rings (SSSR count). The van der Waals surface area contributed by atoms with E-state index in [2.05, 4.69) is 79.3 Å². The lowest BCUT2D eigenvalue weighted by atomic mass is 10.1. The molecule has 0 radical (unpaired) electrons. The van der Waals surface area contributed by atoms with Crippen molar-refractivity contribution in [1.82, 2.24) is 9.80 Å². The summed E-state index contributed by atoms with van der Waals surface area (Å²) in [6.45, 7) is 26.8. The molecule has 5 atom stereocenters. The average Bonchev–Trinajstić information content (AvgIpc) is 3.03. The van der Waals surface area contributed by atoms with E-state index in [9.17, 15) is 0 Å². The summed E-state index contributed by atoms with van der Waals surface area (Å²) >= 11 is 0. The SMILES string of the molecule is CCCC1C[N@@+](C)(CC)C2(N(CC(C)C)CC(CCC)[N@@+]2(C)CC)N1CC(C)C. The van der Waals surface area contributed by atoms with Crippen molar-refractivity contribution in [2.24, 2.45) is 11.8 Å². The van der Waals surface area contributed by atoms with E-state index in [0.29, 0.717) is 17.9 Å². The van der Waals surface area contributed by atoms with E-state index in [4.69, 9.17) is 0 Å². The van der Waals surface area contributed by atoms with E-state index < -0.39 is 0 Å². The molecule has 0 amide bonds. The molecular formula is C25H54N4+2. The number of likely N-dealkylation sites (N-methyl/N-ethyl adjacent to an activating group) is 2. The first-order valence-electron chi connectivity index (χ1n) is 12.8. The van der Waals surface area contributed by atoms with Gasteiger partial charge in [-0.3, -0.25) is 0 Å². The second-order valence-electron chi connectivity index (χ2n) is 11.3. The summed E-state index contributed by atoms with van der Waals surface area (Å²) in [7, 11) is 5.21. The van der Waals surface area contributed by atoms with Gasteiger partial charge in [-0.2, -0.15) is 9.80 Å². The maximum absolute atomic E-state index is 3.03. The maximum atomic E-state index is 3.03. The summed E-state index contributed by atoms with van der Waals surface area (Å²) in [4.78, 5) is 6.01. The Balaban J connectivity index is 2.75. The van der Waals surface area contributed by atoms with Gasteiger partial charge in [-0.25, -0.2) is 8.97 Å². The van der Waals surface area contributed by atoms with Crippen LogP contribution in [0.5, 0.6) is 0 Å². The second kappa shape index (κ2) is 9.54. The monoisotopic (exact) mass is 410 g/mol. The number of rotatable bonds is 10. The Kier molecular flexibility index (Phi) is 8.26. The van der Waals surface area contributed by atoms with Crippen LogP contribution in [0.4, 0.5) is 0 Å². The average molecular weight is 411 g/mol. The lowest BCUT2D eigenvalue weighted by Gasteiger charge is -2.57. The van der Waals surface area contributed by atoms with Crippen LogP contribution in [-0.2, 0) is 0 Å². The molecule has 2 heterocycles. The van der Waals surface area contributed by atoms with E-state index in [0.717, 1.165) is 6.04 Å². The Hall–Kier alpha value is -0.160. The van der Waals surface area contributed by atoms with Gasteiger partial charge in [0.15, 0.2) is 0 Å². The third kappa shape index (κ3) is 3.92. The summed E-state index contributed by atoms with van der Waals surface area (Å²) < 4.78 is 2.38. The lowest BCUT2D eigenvalue weighted by Crippen LogP contribution is -2.82. The minimum atomic E-state index is 0.0811. The molecule has 0 aromatic heterocycles. The standard InChI is InChI=1S/C25H54N4/c1-11-15-23-20-28(9,13-3)25(27(23)18-22(7)8)26(17-21(5)6)19-24(16-12-2)29(25,10)14-4/h21-24H,11-20H2,1-10H3/q+2/t23?,24?,25?,28-,29-/m1/s1. The maximum Gasteiger partial charge on any atom is 0.356 e. The smallest absolute Gasteiger partial charge is 0.244 e. The van der Waals surface area contributed by atoms with Crippen LogP contribution in [0.15, 0.2) is 0 Å². The van der Waals surface area contributed by atoms with Crippen LogP contribution in [-0.4, -0.2) is 90.1 Å². The fourth-order valence-electron chi connectivity index (χ4n) is 7.14. The Labute approximate surface area is 183 Å². The van der Waals surface area contributed by atoms with Crippen molar-refractivity contribution in [3.63, 3.8) is 0 Å². The summed E-state index contributed by atoms with van der Waals surface area (Å²) in [5.74, 6) is 1.48. The van der Waals surface area contributed by atoms with Crippen molar-refractivity contribution in [3.8, 4) is 0 Å². The molecule has 2 saturated heterocycles. The zero-order valence-corrected chi connectivity index (χ0v) is 21.7. The van der Waals surface area contributed by atoms with Gasteiger partial charge < -0.3 is 0 Å². The quantitative estimate of drug-likeness (QED) is 0.477. The summed E-state index contributed by atoms with van der Waals surface area (Å²) in [5, 5.41) is 0. The largest absolute Gasteiger partial charge is 0.356 e. The minimum Gasteiger partial charge on any atom is -0.244 e. The van der Waals surface area contributed by atoms with E-state index in [1.165, 1.54) is 73.9 Å². The first-order chi connectivity index (χ1) is 13.6. The number of hydrogen-bond acceptors (Lipinski definition) is 2. The van der Waals surface area contributed by atoms with Crippen molar-refractivity contribution in [2.75, 3.05) is 53.4 Å². The van der Waals surface area contributed by atoms with Crippen LogP contribution < -0.4 is 0 Å². The van der Waals surface area contributed by atoms with Crippen molar-refractivity contribution < 1.29 is 8.97 Å². The van der Waals surface area contributed by atoms with Crippen molar-refractivity contribution in [3.05, 3.63) is 0 Å². The van der Waals surface area contributed by atoms with Gasteiger partial charge in [-0.1, -0.05) is 54.4 Å². The van der Waals surface area contributed by atoms with Crippen molar-refractivity contribution in [2.45, 2.75) is 99.1 Å². The normalized spacial score (nSPS) is 38.9. The van der Waals surface area contributed by atoms with E-state index in [1.807, 2.05) is 0 Å². The van der Waals surface area contributed by atoms with Crippen molar-refractivity contribution >= 4 is 0 Å². The highest BCUT2D eigenvalue weighted by Gasteiger charge is 2.78. The molecule has 2 aliphatic heterocycles. The van der Waals surface area contributed by atoms with E-state index in [1.54, 1.807) is 0 Å². The minimum absolute atomic E-state index is 0.0811. The Morgan fingerprint density at radius 3 is 1.90 bits per heavy atom. The van der Waals surface area contributed by atoms with Crippen LogP contribution in [0, 0.1) is 11.8 Å². The molecular weight excluding hydrogens is 356 g/mol. The zero-order chi connectivity index (χ0) is 22.0. The molecule has 4 heteroatoms. The highest BCUT2D eigenvalue weighted by molar-refractivity contribution is 4.95. The van der Waals surface area contributed by atoms with Gasteiger partial charge in [-0.15, -0.1) is 0 Å². The topological polar surface area (TPSA) is 6.48 Å². The fraction of sp³-hybridized carbons (Fsp3) is 1.00. The van der Waals surface area contributed by atoms with Crippen LogP contribution >= 0.6 is 0 Å². The molecule has 2 aliphatic rings. The summed E-state index contributed by atoms with van der Waals surface area (Å²) in [6, 6.07) is 1.44. The molecule has 0 aromatic rings. The predicted octanol–water partition coefficient (Wildman–Crippen LogP) is 4.81. The molecule has 1 spiro atoms. The molecule has 0 N–H and O–H groups in total. The van der Waals surface area contributed by atoms with Crippen LogP contribution in [0.3, 0.4) is 0 Å².